The van der Waals surface area contributed by atoms with Gasteiger partial charge in [-0.1, -0.05) is 18.2 Å². The van der Waals surface area contributed by atoms with Gasteiger partial charge in [0.1, 0.15) is 12.4 Å². The lowest BCUT2D eigenvalue weighted by Gasteiger charge is -2.19. The molecule has 3 rings (SSSR count). The molecule has 0 heterocycles. The minimum atomic E-state index is -0.385. The number of quaternary nitrogens is 1. The Labute approximate surface area is 158 Å². The van der Waals surface area contributed by atoms with Crippen LogP contribution in [-0.2, 0) is 16.1 Å². The van der Waals surface area contributed by atoms with Crippen LogP contribution in [0.4, 0.5) is 10.1 Å². The van der Waals surface area contributed by atoms with Gasteiger partial charge in [-0.05, 0) is 37.3 Å². The van der Waals surface area contributed by atoms with Crippen molar-refractivity contribution < 1.29 is 23.6 Å². The summed E-state index contributed by atoms with van der Waals surface area (Å²) in [6.45, 7) is 2.84. The quantitative estimate of drug-likeness (QED) is 0.700. The van der Waals surface area contributed by atoms with Crippen molar-refractivity contribution >= 4 is 17.6 Å². The first kappa shape index (κ1) is 19.0. The van der Waals surface area contributed by atoms with Gasteiger partial charge in [-0.15, -0.1) is 0 Å². The Hall–Kier alpha value is -2.73. The van der Waals surface area contributed by atoms with Crippen molar-refractivity contribution in [3.8, 4) is 0 Å². The van der Waals surface area contributed by atoms with Crippen LogP contribution in [0.1, 0.15) is 35.7 Å². The van der Waals surface area contributed by atoms with Crippen LogP contribution in [0.15, 0.2) is 48.5 Å². The molecule has 0 spiro atoms. The Morgan fingerprint density at radius 1 is 1.15 bits per heavy atom. The average Bonchev–Trinajstić information content (AvgIpc) is 3.49. The standard InChI is InChI=1S/C21H23FN2O3/c1-2-27-21(26)15-7-9-17(10-8-15)23-20(25)14-24(18-11-12-18)13-16-5-3-4-6-19(16)22/h3-10,18H,2,11-14H2,1H3,(H,23,25)/p+1. The number of anilines is 1. The molecule has 0 aliphatic heterocycles. The molecule has 142 valence electrons. The van der Waals surface area contributed by atoms with Gasteiger partial charge in [-0.2, -0.15) is 0 Å². The second-order valence-electron chi connectivity index (χ2n) is 6.72. The van der Waals surface area contributed by atoms with Crippen LogP contribution in [0.25, 0.3) is 0 Å². The van der Waals surface area contributed by atoms with Crippen LogP contribution >= 0.6 is 0 Å². The van der Waals surface area contributed by atoms with E-state index in [0.717, 1.165) is 17.7 Å². The molecule has 6 heteroatoms. The number of esters is 1. The third kappa shape index (κ3) is 5.37. The van der Waals surface area contributed by atoms with E-state index in [-0.39, 0.29) is 24.2 Å². The summed E-state index contributed by atoms with van der Waals surface area (Å²) in [5, 5.41) is 2.85. The van der Waals surface area contributed by atoms with E-state index in [1.54, 1.807) is 43.3 Å². The molecule has 0 aromatic heterocycles. The second kappa shape index (κ2) is 8.77. The number of hydrogen-bond donors (Lipinski definition) is 2. The largest absolute Gasteiger partial charge is 0.462 e. The number of ether oxygens (including phenoxy) is 1. The highest BCUT2D eigenvalue weighted by Gasteiger charge is 2.35. The lowest BCUT2D eigenvalue weighted by Crippen LogP contribution is -3.13. The van der Waals surface area contributed by atoms with Gasteiger partial charge in [-0.25, -0.2) is 9.18 Å². The minimum Gasteiger partial charge on any atom is -0.462 e. The number of halogens is 1. The van der Waals surface area contributed by atoms with Crippen LogP contribution in [-0.4, -0.2) is 31.1 Å². The van der Waals surface area contributed by atoms with E-state index in [1.807, 2.05) is 6.07 Å². The Bertz CT molecular complexity index is 803. The average molecular weight is 371 g/mol. The number of hydrogen-bond acceptors (Lipinski definition) is 3. The highest BCUT2D eigenvalue weighted by atomic mass is 19.1. The predicted molar refractivity (Wildman–Crippen MR) is 100.0 cm³/mol. The van der Waals surface area contributed by atoms with Crippen molar-refractivity contribution in [2.24, 2.45) is 0 Å². The number of carbonyl (C=O) groups excluding carboxylic acids is 2. The van der Waals surface area contributed by atoms with Gasteiger partial charge in [0.25, 0.3) is 5.91 Å². The zero-order valence-electron chi connectivity index (χ0n) is 15.3. The van der Waals surface area contributed by atoms with Gasteiger partial charge in [0, 0.05) is 24.1 Å². The molecule has 2 aromatic rings. The van der Waals surface area contributed by atoms with Gasteiger partial charge in [0.15, 0.2) is 6.54 Å². The molecule has 1 saturated carbocycles. The summed E-state index contributed by atoms with van der Waals surface area (Å²) in [5.74, 6) is -0.743. The van der Waals surface area contributed by atoms with E-state index < -0.39 is 0 Å². The van der Waals surface area contributed by atoms with Crippen LogP contribution < -0.4 is 10.2 Å². The van der Waals surface area contributed by atoms with Crippen molar-refractivity contribution in [3.63, 3.8) is 0 Å². The Balaban J connectivity index is 1.58. The fraction of sp³-hybridized carbons (Fsp3) is 0.333. The summed E-state index contributed by atoms with van der Waals surface area (Å²) in [7, 11) is 0. The molecule has 2 aromatic carbocycles. The molecule has 1 aliphatic carbocycles. The molecular formula is C21H24FN2O3+. The smallest absolute Gasteiger partial charge is 0.338 e. The second-order valence-corrected chi connectivity index (χ2v) is 6.72. The number of nitrogens with one attached hydrogen (secondary N) is 2. The molecule has 1 atom stereocenters. The summed E-state index contributed by atoms with van der Waals surface area (Å²) in [6.07, 6.45) is 2.12. The van der Waals surface area contributed by atoms with Gasteiger partial charge < -0.3 is 15.0 Å². The van der Waals surface area contributed by atoms with E-state index in [4.69, 9.17) is 4.74 Å². The minimum absolute atomic E-state index is 0.128. The monoisotopic (exact) mass is 371 g/mol. The van der Waals surface area contributed by atoms with Crippen LogP contribution in [0.5, 0.6) is 0 Å². The SMILES string of the molecule is CCOC(=O)c1ccc(NC(=O)C[NH+](Cc2ccccc2F)C2CC2)cc1. The Kier molecular flexibility index (Phi) is 6.19. The number of rotatable bonds is 8. The van der Waals surface area contributed by atoms with Gasteiger partial charge in [-0.3, -0.25) is 4.79 Å². The first-order chi connectivity index (χ1) is 13.1. The molecule has 1 unspecified atom stereocenters. The van der Waals surface area contributed by atoms with Gasteiger partial charge in [0.05, 0.1) is 18.2 Å². The number of benzene rings is 2. The summed E-state index contributed by atoms with van der Waals surface area (Å²) in [5.41, 5.74) is 1.69. The maximum absolute atomic E-state index is 13.9. The van der Waals surface area contributed by atoms with Crippen molar-refractivity contribution in [1.29, 1.82) is 0 Å². The van der Waals surface area contributed by atoms with Crippen molar-refractivity contribution in [2.75, 3.05) is 18.5 Å². The summed E-state index contributed by atoms with van der Waals surface area (Å²) < 4.78 is 18.9. The third-order valence-electron chi connectivity index (χ3n) is 4.60. The molecule has 1 amide bonds. The highest BCUT2D eigenvalue weighted by Crippen LogP contribution is 2.16. The first-order valence-electron chi connectivity index (χ1n) is 9.22. The maximum atomic E-state index is 13.9. The lowest BCUT2D eigenvalue weighted by atomic mass is 10.2. The van der Waals surface area contributed by atoms with E-state index in [9.17, 15) is 14.0 Å². The number of amides is 1. The Morgan fingerprint density at radius 3 is 2.48 bits per heavy atom. The summed E-state index contributed by atoms with van der Waals surface area (Å²) in [6, 6.07) is 13.7. The van der Waals surface area contributed by atoms with E-state index in [2.05, 4.69) is 5.32 Å². The lowest BCUT2D eigenvalue weighted by molar-refractivity contribution is -0.917. The molecule has 2 N–H and O–H groups in total. The van der Waals surface area contributed by atoms with Gasteiger partial charge >= 0.3 is 5.97 Å². The molecule has 0 bridgehead atoms. The van der Waals surface area contributed by atoms with E-state index in [1.165, 1.54) is 6.07 Å². The fourth-order valence-electron chi connectivity index (χ4n) is 3.04. The molecule has 1 fully saturated rings. The van der Waals surface area contributed by atoms with Crippen molar-refractivity contribution in [2.45, 2.75) is 32.4 Å². The van der Waals surface area contributed by atoms with Crippen LogP contribution in [0.2, 0.25) is 0 Å². The molecule has 27 heavy (non-hydrogen) atoms. The van der Waals surface area contributed by atoms with Gasteiger partial charge in [0.2, 0.25) is 0 Å². The first-order valence-corrected chi connectivity index (χ1v) is 9.22. The highest BCUT2D eigenvalue weighted by molar-refractivity contribution is 5.93. The van der Waals surface area contributed by atoms with E-state index in [0.29, 0.717) is 36.0 Å². The topological polar surface area (TPSA) is 59.8 Å². The molecular weight excluding hydrogens is 347 g/mol. The van der Waals surface area contributed by atoms with Crippen LogP contribution in [0, 0.1) is 5.82 Å². The molecule has 0 saturated heterocycles. The number of carbonyl (C=O) groups is 2. The Morgan fingerprint density at radius 2 is 1.85 bits per heavy atom. The molecule has 5 nitrogen and oxygen atoms in total. The predicted octanol–water partition coefficient (Wildman–Crippen LogP) is 2.19. The zero-order chi connectivity index (χ0) is 19.2. The molecule has 0 radical (unpaired) electrons. The van der Waals surface area contributed by atoms with Crippen LogP contribution in [0.3, 0.4) is 0 Å². The zero-order valence-corrected chi connectivity index (χ0v) is 15.3. The van der Waals surface area contributed by atoms with Crippen molar-refractivity contribution in [1.82, 2.24) is 0 Å². The molecule has 1 aliphatic rings. The summed E-state index contributed by atoms with van der Waals surface area (Å²) >= 11 is 0. The van der Waals surface area contributed by atoms with E-state index >= 15 is 0 Å². The maximum Gasteiger partial charge on any atom is 0.338 e. The third-order valence-corrected chi connectivity index (χ3v) is 4.60. The summed E-state index contributed by atoms with van der Waals surface area (Å²) in [4.78, 5) is 25.2. The van der Waals surface area contributed by atoms with Crippen molar-refractivity contribution in [3.05, 3.63) is 65.5 Å². The normalized spacial score (nSPS) is 14.4. The fourth-order valence-corrected chi connectivity index (χ4v) is 3.04.